The van der Waals surface area contributed by atoms with Crippen molar-refractivity contribution in [2.24, 2.45) is 5.92 Å². The number of aliphatic hydroxyl groups excluding tert-OH is 2. The Morgan fingerprint density at radius 2 is 1.89 bits per heavy atom. The molecule has 1 aromatic rings. The van der Waals surface area contributed by atoms with E-state index in [2.05, 4.69) is 5.32 Å². The molecule has 1 heterocycles. The van der Waals surface area contributed by atoms with Gasteiger partial charge in [-0.1, -0.05) is 25.2 Å². The number of ether oxygens (including phenoxy) is 1. The third-order valence-electron chi connectivity index (χ3n) is 4.66. The fraction of sp³-hybridized carbons (Fsp3) is 0.429. The standard InChI is InChI=1S/C21H27NO6/c1-4-22-15-10-14-6-5-7-16(23)20(26)17(24)9-8-12(2)13(3)28-21(27)19(14)18(25)11-15/h5-6,8-13,16,20,22-23,25-26H,4,7H2,1-3H3/t12-,13+,16+,20+/m1/s1. The van der Waals surface area contributed by atoms with Crippen molar-refractivity contribution in [2.75, 3.05) is 11.9 Å². The van der Waals surface area contributed by atoms with Crippen molar-refractivity contribution in [1.82, 2.24) is 0 Å². The van der Waals surface area contributed by atoms with Crippen LogP contribution in [0.4, 0.5) is 5.69 Å². The lowest BCUT2D eigenvalue weighted by molar-refractivity contribution is -0.127. The number of aliphatic hydroxyl groups is 2. The molecule has 0 saturated heterocycles. The molecular weight excluding hydrogens is 362 g/mol. The summed E-state index contributed by atoms with van der Waals surface area (Å²) in [5.74, 6) is -1.84. The molecule has 0 aromatic heterocycles. The lowest BCUT2D eigenvalue weighted by atomic mass is 9.99. The van der Waals surface area contributed by atoms with E-state index >= 15 is 0 Å². The first-order valence-electron chi connectivity index (χ1n) is 9.31. The Morgan fingerprint density at radius 1 is 1.18 bits per heavy atom. The van der Waals surface area contributed by atoms with Gasteiger partial charge in [0.15, 0.2) is 5.78 Å². The molecule has 7 heteroatoms. The van der Waals surface area contributed by atoms with Gasteiger partial charge >= 0.3 is 5.97 Å². The number of aromatic hydroxyl groups is 1. The number of hydrogen-bond donors (Lipinski definition) is 4. The Bertz CT molecular complexity index is 785. The summed E-state index contributed by atoms with van der Waals surface area (Å²) in [5.41, 5.74) is 1.04. The summed E-state index contributed by atoms with van der Waals surface area (Å²) < 4.78 is 5.47. The van der Waals surface area contributed by atoms with Gasteiger partial charge in [-0.15, -0.1) is 0 Å². The number of carbonyl (C=O) groups excluding carboxylic acids is 2. The highest BCUT2D eigenvalue weighted by Crippen LogP contribution is 2.29. The lowest BCUT2D eigenvalue weighted by Gasteiger charge is -2.20. The fourth-order valence-corrected chi connectivity index (χ4v) is 2.80. The monoisotopic (exact) mass is 389 g/mol. The van der Waals surface area contributed by atoms with Crippen molar-refractivity contribution in [3.63, 3.8) is 0 Å². The van der Waals surface area contributed by atoms with E-state index in [4.69, 9.17) is 4.74 Å². The second kappa shape index (κ2) is 9.52. The number of ketones is 1. The topological polar surface area (TPSA) is 116 Å². The zero-order chi connectivity index (χ0) is 20.8. The molecule has 4 N–H and O–H groups in total. The normalized spacial score (nSPS) is 26.3. The van der Waals surface area contributed by atoms with E-state index < -0.39 is 30.1 Å². The molecule has 0 fully saturated rings. The summed E-state index contributed by atoms with van der Waals surface area (Å²) in [6.07, 6.45) is 2.37. The Morgan fingerprint density at radius 3 is 2.57 bits per heavy atom. The molecule has 0 aliphatic carbocycles. The number of carbonyl (C=O) groups is 2. The number of fused-ring (bicyclic) bond motifs is 1. The Balaban J connectivity index is 2.50. The highest BCUT2D eigenvalue weighted by Gasteiger charge is 2.25. The van der Waals surface area contributed by atoms with Gasteiger partial charge in [0, 0.05) is 24.2 Å². The van der Waals surface area contributed by atoms with Crippen LogP contribution in [0.15, 0.2) is 30.4 Å². The van der Waals surface area contributed by atoms with Gasteiger partial charge in [-0.3, -0.25) is 4.79 Å². The summed E-state index contributed by atoms with van der Waals surface area (Å²) in [7, 11) is 0. The van der Waals surface area contributed by atoms with Crippen molar-refractivity contribution in [1.29, 1.82) is 0 Å². The molecule has 0 spiro atoms. The van der Waals surface area contributed by atoms with Crippen molar-refractivity contribution < 1.29 is 29.6 Å². The lowest BCUT2D eigenvalue weighted by Crippen LogP contribution is -2.32. The van der Waals surface area contributed by atoms with Gasteiger partial charge < -0.3 is 25.4 Å². The number of phenols is 1. The minimum Gasteiger partial charge on any atom is -0.507 e. The molecule has 0 radical (unpaired) electrons. The predicted octanol–water partition coefficient (Wildman–Crippen LogP) is 2.27. The van der Waals surface area contributed by atoms with Crippen molar-refractivity contribution in [2.45, 2.75) is 45.5 Å². The Labute approximate surface area is 164 Å². The second-order valence-electron chi connectivity index (χ2n) is 6.87. The minimum atomic E-state index is -1.55. The van der Waals surface area contributed by atoms with Crippen LogP contribution in [0.25, 0.3) is 6.08 Å². The van der Waals surface area contributed by atoms with Crippen LogP contribution in [0, 0.1) is 5.92 Å². The van der Waals surface area contributed by atoms with E-state index in [1.165, 1.54) is 24.3 Å². The number of nitrogens with one attached hydrogen (secondary N) is 1. The third kappa shape index (κ3) is 5.21. The number of rotatable bonds is 2. The van der Waals surface area contributed by atoms with Crippen LogP contribution in [-0.2, 0) is 9.53 Å². The van der Waals surface area contributed by atoms with Crippen molar-refractivity contribution in [3.8, 4) is 5.75 Å². The van der Waals surface area contributed by atoms with Crippen molar-refractivity contribution in [3.05, 3.63) is 41.5 Å². The molecule has 0 unspecified atom stereocenters. The molecule has 2 rings (SSSR count). The van der Waals surface area contributed by atoms with E-state index in [1.54, 1.807) is 26.0 Å². The SMILES string of the molecule is CCNc1cc(O)c2c(c1)C=CC[C@H](O)[C@H](O)C(=O)C=C[C@@H](C)[C@H](C)OC2=O. The molecule has 0 bridgehead atoms. The molecule has 1 aliphatic rings. The zero-order valence-electron chi connectivity index (χ0n) is 16.3. The van der Waals surface area contributed by atoms with Gasteiger partial charge in [-0.2, -0.15) is 0 Å². The predicted molar refractivity (Wildman–Crippen MR) is 106 cm³/mol. The van der Waals surface area contributed by atoms with Crippen LogP contribution < -0.4 is 5.32 Å². The first-order valence-corrected chi connectivity index (χ1v) is 9.31. The Kier molecular flexibility index (Phi) is 7.37. The molecule has 4 atom stereocenters. The molecule has 152 valence electrons. The smallest absolute Gasteiger partial charge is 0.342 e. The minimum absolute atomic E-state index is 0.00656. The largest absolute Gasteiger partial charge is 0.507 e. The Hall–Kier alpha value is -2.64. The van der Waals surface area contributed by atoms with Crippen LogP contribution in [0.3, 0.4) is 0 Å². The van der Waals surface area contributed by atoms with E-state index in [-0.39, 0.29) is 23.7 Å². The molecule has 28 heavy (non-hydrogen) atoms. The van der Waals surface area contributed by atoms with Gasteiger partial charge in [0.25, 0.3) is 0 Å². The summed E-state index contributed by atoms with van der Waals surface area (Å²) >= 11 is 0. The number of hydrogen-bond acceptors (Lipinski definition) is 7. The highest BCUT2D eigenvalue weighted by molar-refractivity contribution is 5.97. The third-order valence-corrected chi connectivity index (χ3v) is 4.66. The van der Waals surface area contributed by atoms with E-state index in [0.29, 0.717) is 17.8 Å². The van der Waals surface area contributed by atoms with Gasteiger partial charge in [0.05, 0.1) is 6.10 Å². The van der Waals surface area contributed by atoms with Crippen LogP contribution in [-0.4, -0.2) is 51.9 Å². The maximum Gasteiger partial charge on any atom is 0.342 e. The first kappa shape index (κ1) is 21.7. The number of phenolic OH excluding ortho intramolecular Hbond substituents is 1. The van der Waals surface area contributed by atoms with Crippen LogP contribution in [0.2, 0.25) is 0 Å². The quantitative estimate of drug-likeness (QED) is 0.573. The van der Waals surface area contributed by atoms with Crippen LogP contribution in [0.5, 0.6) is 5.75 Å². The fourth-order valence-electron chi connectivity index (χ4n) is 2.80. The number of anilines is 1. The summed E-state index contributed by atoms with van der Waals surface area (Å²) in [6.45, 7) is 5.96. The maximum absolute atomic E-state index is 12.7. The summed E-state index contributed by atoms with van der Waals surface area (Å²) in [4.78, 5) is 24.7. The summed E-state index contributed by atoms with van der Waals surface area (Å²) in [5, 5.41) is 33.5. The molecule has 0 amide bonds. The maximum atomic E-state index is 12.7. The van der Waals surface area contributed by atoms with Crippen molar-refractivity contribution >= 4 is 23.5 Å². The summed E-state index contributed by atoms with van der Waals surface area (Å²) in [6, 6.07) is 3.13. The zero-order valence-corrected chi connectivity index (χ0v) is 16.3. The number of cyclic esters (lactones) is 1. The van der Waals surface area contributed by atoms with Gasteiger partial charge in [-0.25, -0.2) is 4.79 Å². The average Bonchev–Trinajstić information content (AvgIpc) is 2.64. The average molecular weight is 389 g/mol. The molecule has 7 nitrogen and oxygen atoms in total. The van der Waals surface area contributed by atoms with Crippen LogP contribution >= 0.6 is 0 Å². The van der Waals surface area contributed by atoms with Gasteiger partial charge in [-0.05, 0) is 38.0 Å². The van der Waals surface area contributed by atoms with Crippen LogP contribution in [0.1, 0.15) is 43.1 Å². The van der Waals surface area contributed by atoms with E-state index in [0.717, 1.165) is 0 Å². The molecule has 1 aliphatic heterocycles. The first-order chi connectivity index (χ1) is 13.2. The van der Waals surface area contributed by atoms with Gasteiger partial charge in [0.2, 0.25) is 0 Å². The molecule has 0 saturated carbocycles. The second-order valence-corrected chi connectivity index (χ2v) is 6.87. The number of benzene rings is 1. The molecule has 1 aromatic carbocycles. The number of esters is 1. The van der Waals surface area contributed by atoms with E-state index in [1.807, 2.05) is 6.92 Å². The highest BCUT2D eigenvalue weighted by atomic mass is 16.5. The van der Waals surface area contributed by atoms with E-state index in [9.17, 15) is 24.9 Å². The molecular formula is C21H27NO6. The van der Waals surface area contributed by atoms with Gasteiger partial charge in [0.1, 0.15) is 23.5 Å².